The van der Waals surface area contributed by atoms with Crippen molar-refractivity contribution in [2.45, 2.75) is 181 Å². The number of phenols is 1. The van der Waals surface area contributed by atoms with E-state index < -0.39 is 0 Å². The van der Waals surface area contributed by atoms with Crippen LogP contribution in [-0.4, -0.2) is 5.11 Å². The van der Waals surface area contributed by atoms with E-state index in [1.54, 1.807) is 0 Å². The van der Waals surface area contributed by atoms with Gasteiger partial charge in [0.05, 0.1) is 0 Å². The zero-order valence-electron chi connectivity index (χ0n) is 24.3. The lowest BCUT2D eigenvalue weighted by Gasteiger charge is -2.14. The number of hydrogen-bond acceptors (Lipinski definition) is 1. The van der Waals surface area contributed by atoms with E-state index in [1.165, 1.54) is 158 Å². The summed E-state index contributed by atoms with van der Waals surface area (Å²) in [5.74, 6) is 0.622. The molecule has 1 aromatic rings. The highest BCUT2D eigenvalue weighted by molar-refractivity contribution is 5.44. The third kappa shape index (κ3) is 17.2. The van der Waals surface area contributed by atoms with Crippen LogP contribution in [0.1, 0.15) is 179 Å². The summed E-state index contributed by atoms with van der Waals surface area (Å²) in [6.45, 7) is 6.85. The molecule has 1 aromatic carbocycles. The summed E-state index contributed by atoms with van der Waals surface area (Å²) in [4.78, 5) is 0. The average molecular weight is 487 g/mol. The Morgan fingerprint density at radius 3 is 1.06 bits per heavy atom. The summed E-state index contributed by atoms with van der Waals surface area (Å²) >= 11 is 0. The minimum atomic E-state index is 0.622. The zero-order valence-corrected chi connectivity index (χ0v) is 24.3. The summed E-state index contributed by atoms with van der Waals surface area (Å²) in [6, 6.07) is 4.64. The van der Waals surface area contributed by atoms with Crippen LogP contribution in [0.25, 0.3) is 0 Å². The Morgan fingerprint density at radius 1 is 0.400 bits per heavy atom. The van der Waals surface area contributed by atoms with Gasteiger partial charge in [0.1, 0.15) is 5.75 Å². The van der Waals surface area contributed by atoms with Gasteiger partial charge in [-0.1, -0.05) is 155 Å². The van der Waals surface area contributed by atoms with E-state index in [0.29, 0.717) is 5.75 Å². The normalized spacial score (nSPS) is 11.4. The fourth-order valence-corrected chi connectivity index (χ4v) is 5.34. The summed E-state index contributed by atoms with van der Waals surface area (Å²) < 4.78 is 0. The fourth-order valence-electron chi connectivity index (χ4n) is 5.34. The molecule has 0 aliphatic carbocycles. The standard InChI is InChI=1S/C34H62O/c1-4-7-10-12-14-16-18-20-22-24-27-32-29-31(26-9-6-3)30-33(34(32)35)28-25-23-21-19-17-15-13-11-8-5-2/h29-30,35H,4-28H2,1-3H3. The molecule has 0 aromatic heterocycles. The van der Waals surface area contributed by atoms with Gasteiger partial charge >= 0.3 is 0 Å². The topological polar surface area (TPSA) is 20.2 Å². The van der Waals surface area contributed by atoms with Crippen molar-refractivity contribution in [1.82, 2.24) is 0 Å². The molecule has 0 saturated heterocycles. The molecule has 35 heavy (non-hydrogen) atoms. The minimum Gasteiger partial charge on any atom is -0.507 e. The summed E-state index contributed by atoms with van der Waals surface area (Å²) in [5.41, 5.74) is 3.90. The lowest BCUT2D eigenvalue weighted by atomic mass is 9.94. The van der Waals surface area contributed by atoms with Crippen molar-refractivity contribution in [2.24, 2.45) is 0 Å². The van der Waals surface area contributed by atoms with Crippen LogP contribution >= 0.6 is 0 Å². The molecule has 0 atom stereocenters. The second-order valence-electron chi connectivity index (χ2n) is 11.2. The molecule has 0 amide bonds. The first-order valence-electron chi connectivity index (χ1n) is 16.1. The van der Waals surface area contributed by atoms with Gasteiger partial charge in [-0.15, -0.1) is 0 Å². The molecule has 0 saturated carbocycles. The van der Waals surface area contributed by atoms with Crippen molar-refractivity contribution >= 4 is 0 Å². The molecule has 1 N–H and O–H groups in total. The predicted molar refractivity (Wildman–Crippen MR) is 158 cm³/mol. The van der Waals surface area contributed by atoms with Crippen molar-refractivity contribution in [1.29, 1.82) is 0 Å². The van der Waals surface area contributed by atoms with Crippen LogP contribution in [0.15, 0.2) is 12.1 Å². The maximum absolute atomic E-state index is 11.0. The van der Waals surface area contributed by atoms with Crippen LogP contribution < -0.4 is 0 Å². The van der Waals surface area contributed by atoms with Gasteiger partial charge in [0.15, 0.2) is 0 Å². The Kier molecular flexibility index (Phi) is 21.4. The Balaban J connectivity index is 2.35. The van der Waals surface area contributed by atoms with Crippen molar-refractivity contribution < 1.29 is 5.11 Å². The maximum Gasteiger partial charge on any atom is 0.121 e. The summed E-state index contributed by atoms with van der Waals surface area (Å²) in [6.07, 6.45) is 33.1. The van der Waals surface area contributed by atoms with E-state index in [9.17, 15) is 5.11 Å². The first-order valence-corrected chi connectivity index (χ1v) is 16.1. The number of aromatic hydroxyl groups is 1. The predicted octanol–water partition coefficient (Wildman–Crippen LogP) is 11.7. The Hall–Kier alpha value is -0.980. The number of phenolic OH excluding ortho intramolecular Hbond substituents is 1. The van der Waals surface area contributed by atoms with Crippen molar-refractivity contribution in [3.63, 3.8) is 0 Å². The lowest BCUT2D eigenvalue weighted by Crippen LogP contribution is -1.97. The molecule has 1 nitrogen and oxygen atoms in total. The Labute approximate surface area is 220 Å². The molecule has 0 spiro atoms. The molecular weight excluding hydrogens is 424 g/mol. The average Bonchev–Trinajstić information content (AvgIpc) is 2.87. The van der Waals surface area contributed by atoms with Crippen molar-refractivity contribution in [3.8, 4) is 5.75 Å². The van der Waals surface area contributed by atoms with Crippen LogP contribution in [0, 0.1) is 0 Å². The monoisotopic (exact) mass is 486 g/mol. The second-order valence-corrected chi connectivity index (χ2v) is 11.2. The molecule has 0 aliphatic heterocycles. The van der Waals surface area contributed by atoms with E-state index in [4.69, 9.17) is 0 Å². The van der Waals surface area contributed by atoms with Gasteiger partial charge in [0.2, 0.25) is 0 Å². The fraction of sp³-hybridized carbons (Fsp3) is 0.824. The number of benzene rings is 1. The SMILES string of the molecule is CCCCCCCCCCCCc1cc(CCCC)cc(CCCCCCCCCCCC)c1O. The van der Waals surface area contributed by atoms with Gasteiger partial charge in [-0.3, -0.25) is 0 Å². The van der Waals surface area contributed by atoms with Crippen LogP contribution in [0.3, 0.4) is 0 Å². The van der Waals surface area contributed by atoms with Crippen molar-refractivity contribution in [3.05, 3.63) is 28.8 Å². The minimum absolute atomic E-state index is 0.622. The van der Waals surface area contributed by atoms with E-state index in [1.807, 2.05) is 0 Å². The third-order valence-electron chi connectivity index (χ3n) is 7.75. The molecule has 1 rings (SSSR count). The largest absolute Gasteiger partial charge is 0.507 e. The highest BCUT2D eigenvalue weighted by Crippen LogP contribution is 2.29. The molecule has 204 valence electrons. The molecule has 1 heteroatoms. The van der Waals surface area contributed by atoms with Gasteiger partial charge in [-0.2, -0.15) is 0 Å². The van der Waals surface area contributed by atoms with Gasteiger partial charge in [-0.05, 0) is 55.2 Å². The first-order chi connectivity index (χ1) is 17.2. The number of hydrogen-bond donors (Lipinski definition) is 1. The number of rotatable bonds is 25. The van der Waals surface area contributed by atoms with Crippen LogP contribution in [0.2, 0.25) is 0 Å². The molecule has 0 fully saturated rings. The number of unbranched alkanes of at least 4 members (excludes halogenated alkanes) is 19. The lowest BCUT2D eigenvalue weighted by molar-refractivity contribution is 0.456. The molecular formula is C34H62O. The smallest absolute Gasteiger partial charge is 0.121 e. The second kappa shape index (κ2) is 23.4. The van der Waals surface area contributed by atoms with Crippen LogP contribution in [0.4, 0.5) is 0 Å². The highest BCUT2D eigenvalue weighted by atomic mass is 16.3. The number of aryl methyl sites for hydroxylation is 3. The maximum atomic E-state index is 11.0. The first kappa shape index (κ1) is 32.0. The van der Waals surface area contributed by atoms with Gasteiger partial charge in [0.25, 0.3) is 0 Å². The van der Waals surface area contributed by atoms with Crippen LogP contribution in [0.5, 0.6) is 5.75 Å². The van der Waals surface area contributed by atoms with Gasteiger partial charge in [0, 0.05) is 0 Å². The molecule has 0 radical (unpaired) electrons. The Bertz CT molecular complexity index is 545. The summed E-state index contributed by atoms with van der Waals surface area (Å²) in [5, 5.41) is 11.0. The zero-order chi connectivity index (χ0) is 25.4. The molecule has 0 bridgehead atoms. The van der Waals surface area contributed by atoms with E-state index in [0.717, 1.165) is 19.3 Å². The molecule has 0 heterocycles. The van der Waals surface area contributed by atoms with E-state index in [2.05, 4.69) is 32.9 Å². The molecule has 0 aliphatic rings. The Morgan fingerprint density at radius 2 is 0.714 bits per heavy atom. The van der Waals surface area contributed by atoms with E-state index >= 15 is 0 Å². The third-order valence-corrected chi connectivity index (χ3v) is 7.75. The van der Waals surface area contributed by atoms with Gasteiger partial charge in [-0.25, -0.2) is 0 Å². The van der Waals surface area contributed by atoms with Crippen molar-refractivity contribution in [2.75, 3.05) is 0 Å². The van der Waals surface area contributed by atoms with Gasteiger partial charge < -0.3 is 5.11 Å². The quantitative estimate of drug-likeness (QED) is 0.136. The van der Waals surface area contributed by atoms with Crippen LogP contribution in [-0.2, 0) is 19.3 Å². The highest BCUT2D eigenvalue weighted by Gasteiger charge is 2.10. The van der Waals surface area contributed by atoms with E-state index in [-0.39, 0.29) is 0 Å². The molecule has 0 unspecified atom stereocenters. The summed E-state index contributed by atoms with van der Waals surface area (Å²) in [7, 11) is 0.